The fraction of sp³-hybridized carbons (Fsp3) is 0.429. The molecule has 1 aromatic carbocycles. The van der Waals surface area contributed by atoms with Crippen molar-refractivity contribution in [3.8, 4) is 0 Å². The Balaban J connectivity index is 1.75. The van der Waals surface area contributed by atoms with Crippen molar-refractivity contribution < 1.29 is 14.0 Å². The summed E-state index contributed by atoms with van der Waals surface area (Å²) in [5.41, 5.74) is 0.0460. The molecule has 0 unspecified atom stereocenters. The van der Waals surface area contributed by atoms with Gasteiger partial charge in [-0.05, 0) is 24.5 Å². The average Bonchev–Trinajstić information content (AvgIpc) is 3.12. The number of carbonyl (C=O) groups excluding carboxylic acids is 2. The van der Waals surface area contributed by atoms with Crippen LogP contribution in [-0.4, -0.2) is 18.4 Å². The van der Waals surface area contributed by atoms with Crippen molar-refractivity contribution in [2.24, 2.45) is 11.8 Å². The van der Waals surface area contributed by atoms with Crippen LogP contribution in [0.25, 0.3) is 0 Å². The van der Waals surface area contributed by atoms with E-state index in [2.05, 4.69) is 10.6 Å². The van der Waals surface area contributed by atoms with E-state index in [4.69, 9.17) is 11.6 Å². The van der Waals surface area contributed by atoms with E-state index in [9.17, 15) is 14.0 Å². The van der Waals surface area contributed by atoms with Crippen molar-refractivity contribution in [1.29, 1.82) is 0 Å². The Morgan fingerprint density at radius 3 is 2.80 bits per heavy atom. The number of amides is 2. The first kappa shape index (κ1) is 14.8. The quantitative estimate of drug-likeness (QED) is 0.878. The molecule has 0 bridgehead atoms. The summed E-state index contributed by atoms with van der Waals surface area (Å²) in [4.78, 5) is 23.2. The molecule has 2 rings (SSSR count). The first-order valence-corrected chi connectivity index (χ1v) is 6.88. The van der Waals surface area contributed by atoms with E-state index >= 15 is 0 Å². The van der Waals surface area contributed by atoms with Gasteiger partial charge in [0.1, 0.15) is 0 Å². The Labute approximate surface area is 121 Å². The largest absolute Gasteiger partial charge is 0.355 e. The summed E-state index contributed by atoms with van der Waals surface area (Å²) in [6.45, 7) is 2.26. The van der Waals surface area contributed by atoms with Crippen molar-refractivity contribution in [2.45, 2.75) is 19.8 Å². The zero-order valence-corrected chi connectivity index (χ0v) is 11.8. The van der Waals surface area contributed by atoms with Crippen LogP contribution in [0.2, 0.25) is 5.02 Å². The fourth-order valence-corrected chi connectivity index (χ4v) is 2.11. The molecular formula is C14H16ClFN2O2. The molecule has 108 valence electrons. The average molecular weight is 299 g/mol. The molecule has 4 nitrogen and oxygen atoms in total. The molecule has 0 saturated heterocycles. The van der Waals surface area contributed by atoms with E-state index in [1.54, 1.807) is 6.07 Å². The third-order valence-corrected chi connectivity index (χ3v) is 3.62. The maximum Gasteiger partial charge on any atom is 0.226 e. The molecule has 2 atom stereocenters. The lowest BCUT2D eigenvalue weighted by Crippen LogP contribution is -2.29. The van der Waals surface area contributed by atoms with Gasteiger partial charge in [-0.15, -0.1) is 0 Å². The van der Waals surface area contributed by atoms with Crippen LogP contribution in [0.5, 0.6) is 0 Å². The molecule has 20 heavy (non-hydrogen) atoms. The normalized spacial score (nSPS) is 20.4. The first-order valence-electron chi connectivity index (χ1n) is 6.50. The second-order valence-electron chi connectivity index (χ2n) is 5.01. The highest BCUT2D eigenvalue weighted by atomic mass is 35.5. The van der Waals surface area contributed by atoms with Crippen LogP contribution < -0.4 is 10.6 Å². The lowest BCUT2D eigenvalue weighted by atomic mass is 10.3. The third kappa shape index (κ3) is 3.70. The van der Waals surface area contributed by atoms with E-state index in [-0.39, 0.29) is 41.4 Å². The fourth-order valence-electron chi connectivity index (χ4n) is 1.93. The summed E-state index contributed by atoms with van der Waals surface area (Å²) in [6, 6.07) is 4.39. The van der Waals surface area contributed by atoms with Gasteiger partial charge in [-0.25, -0.2) is 4.39 Å². The highest BCUT2D eigenvalue weighted by Gasteiger charge is 2.38. The van der Waals surface area contributed by atoms with Gasteiger partial charge in [0.2, 0.25) is 11.8 Å². The van der Waals surface area contributed by atoms with Crippen LogP contribution in [0.15, 0.2) is 18.2 Å². The van der Waals surface area contributed by atoms with Gasteiger partial charge in [0.15, 0.2) is 5.82 Å². The zero-order valence-electron chi connectivity index (χ0n) is 11.1. The summed E-state index contributed by atoms with van der Waals surface area (Å²) in [7, 11) is 0. The maximum absolute atomic E-state index is 13.6. The van der Waals surface area contributed by atoms with Crippen LogP contribution in [0.1, 0.15) is 19.8 Å². The number of carbonyl (C=O) groups is 2. The van der Waals surface area contributed by atoms with Crippen LogP contribution in [0.3, 0.4) is 0 Å². The molecule has 6 heteroatoms. The lowest BCUT2D eigenvalue weighted by Gasteiger charge is -2.08. The maximum atomic E-state index is 13.6. The highest BCUT2D eigenvalue weighted by Crippen LogP contribution is 2.37. The van der Waals surface area contributed by atoms with Gasteiger partial charge in [-0.2, -0.15) is 0 Å². The van der Waals surface area contributed by atoms with Gasteiger partial charge in [0.25, 0.3) is 0 Å². The number of halogens is 2. The lowest BCUT2D eigenvalue weighted by molar-refractivity contribution is -0.122. The van der Waals surface area contributed by atoms with Gasteiger partial charge < -0.3 is 10.6 Å². The summed E-state index contributed by atoms with van der Waals surface area (Å²) in [6.07, 6.45) is 1.00. The van der Waals surface area contributed by atoms with Crippen LogP contribution >= 0.6 is 11.6 Å². The molecule has 0 aliphatic heterocycles. The topological polar surface area (TPSA) is 58.2 Å². The summed E-state index contributed by atoms with van der Waals surface area (Å²) in [5.74, 6) is -0.513. The Morgan fingerprint density at radius 2 is 2.15 bits per heavy atom. The van der Waals surface area contributed by atoms with Gasteiger partial charge in [-0.3, -0.25) is 9.59 Å². The second kappa shape index (κ2) is 6.22. The molecule has 1 aromatic rings. The highest BCUT2D eigenvalue weighted by molar-refractivity contribution is 6.31. The monoisotopic (exact) mass is 298 g/mol. The Kier molecular flexibility index (Phi) is 4.60. The predicted molar refractivity (Wildman–Crippen MR) is 74.9 cm³/mol. The number of rotatable bonds is 5. The molecule has 2 N–H and O–H groups in total. The van der Waals surface area contributed by atoms with Gasteiger partial charge in [-0.1, -0.05) is 24.6 Å². The molecule has 0 aromatic heterocycles. The third-order valence-electron chi connectivity index (χ3n) is 3.32. The molecule has 1 saturated carbocycles. The van der Waals surface area contributed by atoms with E-state index in [0.717, 1.165) is 6.42 Å². The zero-order chi connectivity index (χ0) is 14.7. The molecule has 1 aliphatic carbocycles. The van der Waals surface area contributed by atoms with Crippen molar-refractivity contribution >= 4 is 29.1 Å². The number of hydrogen-bond donors (Lipinski definition) is 2. The van der Waals surface area contributed by atoms with Crippen molar-refractivity contribution in [3.05, 3.63) is 29.0 Å². The van der Waals surface area contributed by atoms with E-state index in [1.165, 1.54) is 12.1 Å². The first-order chi connectivity index (χ1) is 9.49. The Morgan fingerprint density at radius 1 is 1.45 bits per heavy atom. The Bertz CT molecular complexity index is 536. The molecule has 0 spiro atoms. The minimum Gasteiger partial charge on any atom is -0.355 e. The molecule has 2 amide bonds. The van der Waals surface area contributed by atoms with Gasteiger partial charge in [0.05, 0.1) is 10.7 Å². The number of nitrogens with one attached hydrogen (secondary N) is 2. The predicted octanol–water partition coefficient (Wildman–Crippen LogP) is 2.58. The number of benzene rings is 1. The molecule has 0 heterocycles. The van der Waals surface area contributed by atoms with Crippen LogP contribution in [0, 0.1) is 17.7 Å². The number of anilines is 1. The second-order valence-corrected chi connectivity index (χ2v) is 5.42. The summed E-state index contributed by atoms with van der Waals surface area (Å²) < 4.78 is 13.6. The van der Waals surface area contributed by atoms with E-state index in [0.29, 0.717) is 5.92 Å². The van der Waals surface area contributed by atoms with E-state index in [1.807, 2.05) is 6.92 Å². The number of hydrogen-bond acceptors (Lipinski definition) is 2. The van der Waals surface area contributed by atoms with Crippen LogP contribution in [-0.2, 0) is 9.59 Å². The minimum absolute atomic E-state index is 0.0146. The Hall–Kier alpha value is -1.62. The molecule has 0 radical (unpaired) electrons. The minimum atomic E-state index is -0.654. The molecule has 1 aliphatic rings. The van der Waals surface area contributed by atoms with Crippen LogP contribution in [0.4, 0.5) is 10.1 Å². The summed E-state index contributed by atoms with van der Waals surface area (Å²) >= 11 is 5.62. The van der Waals surface area contributed by atoms with Gasteiger partial charge >= 0.3 is 0 Å². The summed E-state index contributed by atoms with van der Waals surface area (Å²) in [5, 5.41) is 5.08. The van der Waals surface area contributed by atoms with E-state index < -0.39 is 5.82 Å². The SMILES string of the molecule is C[C@H]1C[C@@H]1C(=O)NCCC(=O)Nc1cccc(Cl)c1F. The molecule has 1 fully saturated rings. The molecular weight excluding hydrogens is 283 g/mol. The standard InChI is InChI=1S/C14H16ClFN2O2/c1-8-7-9(8)14(20)17-6-5-12(19)18-11-4-2-3-10(15)13(11)16/h2-4,8-9H,5-7H2,1H3,(H,17,20)(H,18,19)/t8-,9-/m0/s1. The van der Waals surface area contributed by atoms with Gasteiger partial charge in [0, 0.05) is 18.9 Å². The smallest absolute Gasteiger partial charge is 0.226 e. The van der Waals surface area contributed by atoms with Crippen molar-refractivity contribution in [3.63, 3.8) is 0 Å². The van der Waals surface area contributed by atoms with Crippen molar-refractivity contribution in [2.75, 3.05) is 11.9 Å². The van der Waals surface area contributed by atoms with Crippen molar-refractivity contribution in [1.82, 2.24) is 5.32 Å².